The molecule has 0 bridgehead atoms. The molecule has 0 radical (unpaired) electrons. The molecule has 2 aromatic rings. The Kier molecular flexibility index (Phi) is 3.06. The van der Waals surface area contributed by atoms with Gasteiger partial charge in [0.25, 0.3) is 0 Å². The van der Waals surface area contributed by atoms with Crippen molar-refractivity contribution in [3.63, 3.8) is 0 Å². The number of amides is 1. The van der Waals surface area contributed by atoms with E-state index in [1.54, 1.807) is 6.07 Å². The van der Waals surface area contributed by atoms with Gasteiger partial charge in [-0.25, -0.2) is 4.79 Å². The molecule has 1 amide bonds. The van der Waals surface area contributed by atoms with Crippen LogP contribution in [0.1, 0.15) is 5.56 Å². The number of nitrogens with zero attached hydrogens (tertiary/aromatic N) is 1. The van der Waals surface area contributed by atoms with E-state index < -0.39 is 11.5 Å². The Hall–Kier alpha value is -2.30. The van der Waals surface area contributed by atoms with Crippen molar-refractivity contribution in [3.05, 3.63) is 40.2 Å². The second kappa shape index (κ2) is 4.52. The molecule has 0 atom stereocenters. The SMILES string of the molecule is CN(C)c1ccc2c(CC(N)=O)cc(=O)oc2c1. The summed E-state index contributed by atoms with van der Waals surface area (Å²) in [5.74, 6) is -0.474. The Labute approximate surface area is 104 Å². The largest absolute Gasteiger partial charge is 0.423 e. The molecule has 1 heterocycles. The van der Waals surface area contributed by atoms with E-state index in [9.17, 15) is 9.59 Å². The predicted octanol–water partition coefficient (Wildman–Crippen LogP) is 0.887. The Morgan fingerprint density at radius 3 is 2.67 bits per heavy atom. The maximum atomic E-state index is 11.4. The third-order valence-corrected chi connectivity index (χ3v) is 2.69. The first-order chi connectivity index (χ1) is 8.47. The molecule has 0 unspecified atom stereocenters. The zero-order valence-electron chi connectivity index (χ0n) is 10.3. The highest BCUT2D eigenvalue weighted by Crippen LogP contribution is 2.22. The fraction of sp³-hybridized carbons (Fsp3) is 0.231. The standard InChI is InChI=1S/C13H14N2O3/c1-15(2)9-3-4-10-8(5-12(14)16)6-13(17)18-11(10)7-9/h3-4,6-7H,5H2,1-2H3,(H2,14,16). The molecule has 18 heavy (non-hydrogen) atoms. The second-order valence-corrected chi connectivity index (χ2v) is 4.31. The first-order valence-corrected chi connectivity index (χ1v) is 5.50. The number of rotatable bonds is 3. The van der Waals surface area contributed by atoms with Crippen molar-refractivity contribution in [1.82, 2.24) is 0 Å². The molecule has 0 spiro atoms. The van der Waals surface area contributed by atoms with E-state index in [2.05, 4.69) is 0 Å². The maximum absolute atomic E-state index is 11.4. The molecule has 0 aliphatic rings. The lowest BCUT2D eigenvalue weighted by Gasteiger charge is -2.13. The average molecular weight is 246 g/mol. The predicted molar refractivity (Wildman–Crippen MR) is 69.7 cm³/mol. The summed E-state index contributed by atoms with van der Waals surface area (Å²) in [6, 6.07) is 6.79. The molecule has 0 saturated carbocycles. The Bertz CT molecular complexity index is 659. The molecule has 5 nitrogen and oxygen atoms in total. The summed E-state index contributed by atoms with van der Waals surface area (Å²) in [6.45, 7) is 0. The second-order valence-electron chi connectivity index (χ2n) is 4.31. The molecule has 94 valence electrons. The molecule has 0 fully saturated rings. The Morgan fingerprint density at radius 2 is 2.06 bits per heavy atom. The van der Waals surface area contributed by atoms with Crippen LogP contribution in [0.15, 0.2) is 33.5 Å². The molecule has 0 saturated heterocycles. The van der Waals surface area contributed by atoms with Crippen LogP contribution in [-0.4, -0.2) is 20.0 Å². The normalized spacial score (nSPS) is 10.6. The van der Waals surface area contributed by atoms with Gasteiger partial charge in [-0.15, -0.1) is 0 Å². The van der Waals surface area contributed by atoms with Crippen molar-refractivity contribution < 1.29 is 9.21 Å². The zero-order chi connectivity index (χ0) is 13.3. The summed E-state index contributed by atoms with van der Waals surface area (Å²) in [7, 11) is 3.79. The Morgan fingerprint density at radius 1 is 1.33 bits per heavy atom. The van der Waals surface area contributed by atoms with Gasteiger partial charge in [0.15, 0.2) is 0 Å². The lowest BCUT2D eigenvalue weighted by Crippen LogP contribution is -2.15. The van der Waals surface area contributed by atoms with Crippen molar-refractivity contribution in [3.8, 4) is 0 Å². The molecule has 1 aromatic heterocycles. The van der Waals surface area contributed by atoms with E-state index >= 15 is 0 Å². The van der Waals surface area contributed by atoms with Crippen LogP contribution in [0.4, 0.5) is 5.69 Å². The lowest BCUT2D eigenvalue weighted by molar-refractivity contribution is -0.117. The minimum atomic E-state index is -0.477. The van der Waals surface area contributed by atoms with Crippen molar-refractivity contribution in [2.75, 3.05) is 19.0 Å². The molecule has 0 aliphatic carbocycles. The fourth-order valence-corrected chi connectivity index (χ4v) is 1.83. The molecule has 2 N–H and O–H groups in total. The van der Waals surface area contributed by atoms with Gasteiger partial charge in [0.1, 0.15) is 5.58 Å². The van der Waals surface area contributed by atoms with Gasteiger partial charge in [-0.2, -0.15) is 0 Å². The van der Waals surface area contributed by atoms with Gasteiger partial charge >= 0.3 is 5.63 Å². The van der Waals surface area contributed by atoms with Gasteiger partial charge in [-0.1, -0.05) is 0 Å². The minimum absolute atomic E-state index is 0.0312. The molecular formula is C13H14N2O3. The summed E-state index contributed by atoms with van der Waals surface area (Å²) in [5, 5.41) is 0.735. The van der Waals surface area contributed by atoms with Crippen LogP contribution in [-0.2, 0) is 11.2 Å². The third kappa shape index (κ3) is 2.34. The maximum Gasteiger partial charge on any atom is 0.336 e. The number of primary amides is 1. The van der Waals surface area contributed by atoms with E-state index in [4.69, 9.17) is 10.2 Å². The summed E-state index contributed by atoms with van der Waals surface area (Å²) in [4.78, 5) is 24.3. The quantitative estimate of drug-likeness (QED) is 0.816. The monoisotopic (exact) mass is 246 g/mol. The van der Waals surface area contributed by atoms with Crippen LogP contribution in [0.2, 0.25) is 0 Å². The van der Waals surface area contributed by atoms with Crippen LogP contribution in [0.3, 0.4) is 0 Å². The lowest BCUT2D eigenvalue weighted by atomic mass is 10.1. The highest BCUT2D eigenvalue weighted by Gasteiger charge is 2.09. The highest BCUT2D eigenvalue weighted by atomic mass is 16.4. The summed E-state index contributed by atoms with van der Waals surface area (Å²) in [5.41, 5.74) is 6.66. The van der Waals surface area contributed by atoms with Gasteiger partial charge in [-0.3, -0.25) is 4.79 Å². The van der Waals surface area contributed by atoms with Gasteiger partial charge < -0.3 is 15.1 Å². The van der Waals surface area contributed by atoms with Crippen molar-refractivity contribution in [1.29, 1.82) is 0 Å². The van der Waals surface area contributed by atoms with Crippen LogP contribution < -0.4 is 16.3 Å². The first-order valence-electron chi connectivity index (χ1n) is 5.50. The molecule has 0 aliphatic heterocycles. The highest BCUT2D eigenvalue weighted by molar-refractivity contribution is 5.88. The fourth-order valence-electron chi connectivity index (χ4n) is 1.83. The number of anilines is 1. The average Bonchev–Trinajstić information content (AvgIpc) is 2.26. The number of fused-ring (bicyclic) bond motifs is 1. The third-order valence-electron chi connectivity index (χ3n) is 2.69. The van der Waals surface area contributed by atoms with Crippen LogP contribution in [0.25, 0.3) is 11.0 Å². The van der Waals surface area contributed by atoms with Gasteiger partial charge in [0.05, 0.1) is 6.42 Å². The smallest absolute Gasteiger partial charge is 0.336 e. The molecular weight excluding hydrogens is 232 g/mol. The number of carbonyl (C=O) groups is 1. The van der Waals surface area contributed by atoms with Gasteiger partial charge in [0, 0.05) is 37.3 Å². The van der Waals surface area contributed by atoms with E-state index in [0.717, 1.165) is 11.1 Å². The van der Waals surface area contributed by atoms with E-state index in [0.29, 0.717) is 11.1 Å². The molecule has 2 rings (SSSR count). The minimum Gasteiger partial charge on any atom is -0.423 e. The summed E-state index contributed by atoms with van der Waals surface area (Å²) >= 11 is 0. The Balaban J connectivity index is 2.66. The van der Waals surface area contributed by atoms with Crippen molar-refractivity contribution >= 4 is 22.6 Å². The number of hydrogen-bond acceptors (Lipinski definition) is 4. The number of benzene rings is 1. The van der Waals surface area contributed by atoms with Crippen molar-refractivity contribution in [2.24, 2.45) is 5.73 Å². The first kappa shape index (κ1) is 12.2. The van der Waals surface area contributed by atoms with Crippen LogP contribution in [0.5, 0.6) is 0 Å². The van der Waals surface area contributed by atoms with Crippen LogP contribution >= 0.6 is 0 Å². The zero-order valence-corrected chi connectivity index (χ0v) is 10.3. The molecule has 1 aromatic carbocycles. The van der Waals surface area contributed by atoms with Gasteiger partial charge in [0.2, 0.25) is 5.91 Å². The summed E-state index contributed by atoms with van der Waals surface area (Å²) < 4.78 is 5.14. The van der Waals surface area contributed by atoms with E-state index in [-0.39, 0.29) is 6.42 Å². The summed E-state index contributed by atoms with van der Waals surface area (Å²) in [6.07, 6.45) is 0.0312. The number of hydrogen-bond donors (Lipinski definition) is 1. The van der Waals surface area contributed by atoms with E-state index in [1.807, 2.05) is 31.1 Å². The van der Waals surface area contributed by atoms with Gasteiger partial charge in [-0.05, 0) is 17.7 Å². The topological polar surface area (TPSA) is 76.5 Å². The molecule has 5 heteroatoms. The number of carbonyl (C=O) groups excluding carboxylic acids is 1. The number of nitrogens with two attached hydrogens (primary N) is 1. The van der Waals surface area contributed by atoms with Crippen molar-refractivity contribution in [2.45, 2.75) is 6.42 Å². The van der Waals surface area contributed by atoms with E-state index in [1.165, 1.54) is 6.07 Å². The van der Waals surface area contributed by atoms with Crippen LogP contribution in [0, 0.1) is 0 Å².